The number of phenolic OH excluding ortho intramolecular Hbond substituents is 1. The first-order chi connectivity index (χ1) is 14.8. The molecule has 32 heavy (non-hydrogen) atoms. The molecular formula is C22H33N3O7. The molecule has 10 nitrogen and oxygen atoms in total. The van der Waals surface area contributed by atoms with E-state index in [0.29, 0.717) is 5.56 Å². The number of nitrogens with one attached hydrogen (secondary N) is 2. The van der Waals surface area contributed by atoms with Crippen molar-refractivity contribution in [3.05, 3.63) is 29.8 Å². The van der Waals surface area contributed by atoms with Crippen LogP contribution in [0.4, 0.5) is 4.79 Å². The molecule has 0 aromatic heterocycles. The number of methoxy groups -OCH3 is 1. The van der Waals surface area contributed by atoms with Crippen LogP contribution in [0.1, 0.15) is 53.1 Å². The van der Waals surface area contributed by atoms with E-state index in [1.807, 2.05) is 0 Å². The van der Waals surface area contributed by atoms with Crippen LogP contribution < -0.4 is 10.6 Å². The minimum atomic E-state index is -1.18. The Hall–Kier alpha value is -3.30. The van der Waals surface area contributed by atoms with E-state index in [1.54, 1.807) is 40.7 Å². The fourth-order valence-corrected chi connectivity index (χ4v) is 2.91. The number of carbonyl (C=O) groups is 4. The molecule has 2 unspecified atom stereocenters. The zero-order valence-corrected chi connectivity index (χ0v) is 19.6. The molecule has 0 heterocycles. The number of hydrogen-bond donors (Lipinski definition) is 3. The fraction of sp³-hybridized carbons (Fsp3) is 0.545. The first-order valence-electron chi connectivity index (χ1n) is 10.2. The number of benzene rings is 1. The molecule has 0 saturated carbocycles. The van der Waals surface area contributed by atoms with E-state index in [0.717, 1.165) is 0 Å². The number of aromatic hydroxyl groups is 1. The van der Waals surface area contributed by atoms with Crippen LogP contribution in [-0.4, -0.2) is 65.2 Å². The van der Waals surface area contributed by atoms with Gasteiger partial charge in [0.1, 0.15) is 30.0 Å². The monoisotopic (exact) mass is 451 g/mol. The van der Waals surface area contributed by atoms with Crippen LogP contribution in [0.5, 0.6) is 5.75 Å². The number of hydrogen-bond acceptors (Lipinski definition) is 7. The Balaban J connectivity index is 3.25. The summed E-state index contributed by atoms with van der Waals surface area (Å²) in [5.74, 6) is -1.94. The van der Waals surface area contributed by atoms with Gasteiger partial charge in [-0.2, -0.15) is 0 Å². The number of nitrogens with zero attached hydrogens (tertiary/aromatic N) is 1. The first kappa shape index (κ1) is 26.7. The Kier molecular flexibility index (Phi) is 9.49. The van der Waals surface area contributed by atoms with Gasteiger partial charge in [0.25, 0.3) is 0 Å². The molecule has 0 aliphatic heterocycles. The van der Waals surface area contributed by atoms with Crippen molar-refractivity contribution in [2.45, 2.75) is 65.3 Å². The van der Waals surface area contributed by atoms with Crippen molar-refractivity contribution in [2.24, 2.45) is 0 Å². The maximum atomic E-state index is 13.3. The van der Waals surface area contributed by atoms with Crippen LogP contribution in [0.15, 0.2) is 24.3 Å². The largest absolute Gasteiger partial charge is 0.508 e. The number of ether oxygens (including phenoxy) is 2. The van der Waals surface area contributed by atoms with Crippen molar-refractivity contribution in [1.82, 2.24) is 15.5 Å². The molecule has 0 saturated heterocycles. The maximum Gasteiger partial charge on any atom is 0.408 e. The van der Waals surface area contributed by atoms with Gasteiger partial charge >= 0.3 is 12.1 Å². The first-order valence-corrected chi connectivity index (χ1v) is 10.2. The minimum absolute atomic E-state index is 0.0932. The summed E-state index contributed by atoms with van der Waals surface area (Å²) in [5.41, 5.74) is -0.415. The van der Waals surface area contributed by atoms with Gasteiger partial charge < -0.3 is 30.1 Å². The predicted molar refractivity (Wildman–Crippen MR) is 117 cm³/mol. The van der Waals surface area contributed by atoms with E-state index in [1.165, 1.54) is 37.1 Å². The summed E-state index contributed by atoms with van der Waals surface area (Å²) >= 11 is 0. The fourth-order valence-electron chi connectivity index (χ4n) is 2.91. The SMILES string of the molecule is COC(=O)CNC(=O)C(c1cccc(O)c1)N(C(=O)C(C)NC(=O)OC(C)(C)C)C(C)C. The number of esters is 1. The quantitative estimate of drug-likeness (QED) is 0.514. The molecule has 10 heteroatoms. The van der Waals surface area contributed by atoms with E-state index < -0.39 is 54.1 Å². The highest BCUT2D eigenvalue weighted by molar-refractivity contribution is 5.93. The molecule has 0 radical (unpaired) electrons. The Morgan fingerprint density at radius 2 is 1.75 bits per heavy atom. The van der Waals surface area contributed by atoms with E-state index in [-0.39, 0.29) is 5.75 Å². The molecule has 1 aromatic carbocycles. The van der Waals surface area contributed by atoms with Crippen LogP contribution >= 0.6 is 0 Å². The van der Waals surface area contributed by atoms with Gasteiger partial charge in [0.15, 0.2) is 0 Å². The predicted octanol–water partition coefficient (Wildman–Crippen LogP) is 1.87. The van der Waals surface area contributed by atoms with Crippen LogP contribution in [0.25, 0.3) is 0 Å². The number of alkyl carbamates (subject to hydrolysis) is 1. The summed E-state index contributed by atoms with van der Waals surface area (Å²) in [6.07, 6.45) is -0.772. The average molecular weight is 452 g/mol. The van der Waals surface area contributed by atoms with Gasteiger partial charge in [-0.3, -0.25) is 14.4 Å². The summed E-state index contributed by atoms with van der Waals surface area (Å²) in [6.45, 7) is 9.60. The number of amides is 3. The Labute approximate surface area is 188 Å². The molecule has 0 fully saturated rings. The third-order valence-electron chi connectivity index (χ3n) is 4.26. The summed E-state index contributed by atoms with van der Waals surface area (Å²) in [6, 6.07) is 3.25. The number of carbonyl (C=O) groups excluding carboxylic acids is 4. The molecule has 0 aliphatic carbocycles. The highest BCUT2D eigenvalue weighted by atomic mass is 16.6. The molecule has 1 rings (SSSR count). The maximum absolute atomic E-state index is 13.3. The Morgan fingerprint density at radius 1 is 1.12 bits per heavy atom. The van der Waals surface area contributed by atoms with Gasteiger partial charge in [-0.05, 0) is 59.2 Å². The van der Waals surface area contributed by atoms with Crippen molar-refractivity contribution in [3.63, 3.8) is 0 Å². The summed E-state index contributed by atoms with van der Waals surface area (Å²) in [4.78, 5) is 51.3. The summed E-state index contributed by atoms with van der Waals surface area (Å²) in [7, 11) is 1.19. The lowest BCUT2D eigenvalue weighted by Gasteiger charge is -2.36. The molecule has 0 aliphatic rings. The van der Waals surface area contributed by atoms with E-state index >= 15 is 0 Å². The average Bonchev–Trinajstić information content (AvgIpc) is 2.67. The van der Waals surface area contributed by atoms with Gasteiger partial charge in [-0.25, -0.2) is 4.79 Å². The Bertz CT molecular complexity index is 833. The normalized spacial score (nSPS) is 13.0. The summed E-state index contributed by atoms with van der Waals surface area (Å²) < 4.78 is 9.75. The molecule has 2 atom stereocenters. The zero-order valence-electron chi connectivity index (χ0n) is 19.6. The van der Waals surface area contributed by atoms with Gasteiger partial charge in [0, 0.05) is 6.04 Å². The van der Waals surface area contributed by atoms with Crippen LogP contribution in [-0.2, 0) is 23.9 Å². The van der Waals surface area contributed by atoms with Crippen molar-refractivity contribution < 1.29 is 33.8 Å². The third kappa shape index (κ3) is 8.09. The van der Waals surface area contributed by atoms with Gasteiger partial charge in [0.2, 0.25) is 11.8 Å². The minimum Gasteiger partial charge on any atom is -0.508 e. The van der Waals surface area contributed by atoms with Crippen LogP contribution in [0.2, 0.25) is 0 Å². The van der Waals surface area contributed by atoms with Crippen molar-refractivity contribution in [3.8, 4) is 5.75 Å². The second-order valence-corrected chi connectivity index (χ2v) is 8.50. The van der Waals surface area contributed by atoms with Gasteiger partial charge in [-0.15, -0.1) is 0 Å². The topological polar surface area (TPSA) is 134 Å². The molecule has 1 aromatic rings. The molecule has 3 amide bonds. The second-order valence-electron chi connectivity index (χ2n) is 8.50. The standard InChI is InChI=1S/C22H33N3O7/c1-13(2)25(20(29)14(3)24-21(30)32-22(4,5)6)18(15-9-8-10-16(26)11-15)19(28)23-12-17(27)31-7/h8-11,13-14,18,26H,12H2,1-7H3,(H,23,28)(H,24,30). The zero-order chi connectivity index (χ0) is 24.6. The highest BCUT2D eigenvalue weighted by Gasteiger charge is 2.36. The molecule has 0 bridgehead atoms. The van der Waals surface area contributed by atoms with Crippen molar-refractivity contribution >= 4 is 23.9 Å². The van der Waals surface area contributed by atoms with Gasteiger partial charge in [0.05, 0.1) is 7.11 Å². The number of phenols is 1. The van der Waals surface area contributed by atoms with Crippen molar-refractivity contribution in [2.75, 3.05) is 13.7 Å². The lowest BCUT2D eigenvalue weighted by molar-refractivity contribution is -0.146. The highest BCUT2D eigenvalue weighted by Crippen LogP contribution is 2.27. The van der Waals surface area contributed by atoms with Gasteiger partial charge in [-0.1, -0.05) is 12.1 Å². The molecular weight excluding hydrogens is 418 g/mol. The van der Waals surface area contributed by atoms with E-state index in [4.69, 9.17) is 4.74 Å². The Morgan fingerprint density at radius 3 is 2.25 bits per heavy atom. The number of rotatable bonds is 8. The molecule has 3 N–H and O–H groups in total. The lowest BCUT2D eigenvalue weighted by atomic mass is 10.0. The lowest BCUT2D eigenvalue weighted by Crippen LogP contribution is -2.54. The summed E-state index contributed by atoms with van der Waals surface area (Å²) in [5, 5.41) is 14.8. The van der Waals surface area contributed by atoms with Crippen molar-refractivity contribution in [1.29, 1.82) is 0 Å². The van der Waals surface area contributed by atoms with E-state index in [9.17, 15) is 24.3 Å². The smallest absolute Gasteiger partial charge is 0.408 e. The molecule has 178 valence electrons. The van der Waals surface area contributed by atoms with Crippen LogP contribution in [0, 0.1) is 0 Å². The third-order valence-corrected chi connectivity index (χ3v) is 4.26. The van der Waals surface area contributed by atoms with Crippen LogP contribution in [0.3, 0.4) is 0 Å². The molecule has 0 spiro atoms. The van der Waals surface area contributed by atoms with E-state index in [2.05, 4.69) is 15.4 Å². The second kappa shape index (κ2) is 11.4.